The van der Waals surface area contributed by atoms with Crippen LogP contribution in [0.5, 0.6) is 5.75 Å². The van der Waals surface area contributed by atoms with Gasteiger partial charge in [-0.15, -0.1) is 23.8 Å². The van der Waals surface area contributed by atoms with E-state index in [2.05, 4.69) is 255 Å². The van der Waals surface area contributed by atoms with E-state index in [0.29, 0.717) is 11.4 Å². The van der Waals surface area contributed by atoms with Crippen molar-refractivity contribution in [3.63, 3.8) is 0 Å². The fourth-order valence-corrected chi connectivity index (χ4v) is 9.62. The molecule has 5 heteroatoms. The summed E-state index contributed by atoms with van der Waals surface area (Å²) >= 11 is 0. The fourth-order valence-electron chi connectivity index (χ4n) is 9.62. The number of phenols is 1. The van der Waals surface area contributed by atoms with E-state index in [1.54, 1.807) is 0 Å². The van der Waals surface area contributed by atoms with Gasteiger partial charge < -0.3 is 5.11 Å². The zero-order valence-corrected chi connectivity index (χ0v) is 44.4. The van der Waals surface area contributed by atoms with Gasteiger partial charge in [0.05, 0.1) is 16.6 Å². The van der Waals surface area contributed by atoms with Gasteiger partial charge in [-0.2, -0.15) is 0 Å². The van der Waals surface area contributed by atoms with E-state index >= 15 is 0 Å². The van der Waals surface area contributed by atoms with Crippen molar-refractivity contribution >= 4 is 11.0 Å². The summed E-state index contributed by atoms with van der Waals surface area (Å²) in [5.74, 6) is 0.923. The molecule has 0 saturated heterocycles. The summed E-state index contributed by atoms with van der Waals surface area (Å²) in [6.07, 6.45) is 1.89. The average molecular weight is 1110 g/mol. The molecule has 8 aromatic carbocycles. The van der Waals surface area contributed by atoms with E-state index in [4.69, 9.17) is 9.97 Å². The number of para-hydroxylation sites is 1. The minimum absolute atomic E-state index is 0. The molecule has 0 aliphatic rings. The number of nitrogens with zero attached hydrogens (tertiary/aromatic N) is 3. The molecule has 0 bridgehead atoms. The van der Waals surface area contributed by atoms with Gasteiger partial charge in [-0.25, -0.2) is 4.98 Å². The second-order valence-electron chi connectivity index (χ2n) is 21.6. The molecule has 0 aliphatic carbocycles. The molecular weight excluding hydrogens is 1050 g/mol. The zero-order valence-electron chi connectivity index (χ0n) is 42.1. The molecule has 10 rings (SSSR count). The molecular formula is C66H60N3OPt-. The van der Waals surface area contributed by atoms with Crippen molar-refractivity contribution < 1.29 is 26.2 Å². The Kier molecular flexibility index (Phi) is 13.2. The molecule has 2 aromatic heterocycles. The van der Waals surface area contributed by atoms with E-state index in [9.17, 15) is 5.11 Å². The summed E-state index contributed by atoms with van der Waals surface area (Å²) in [6.45, 7) is 20.0. The summed E-state index contributed by atoms with van der Waals surface area (Å²) in [6, 6.07) is 70.4. The second-order valence-corrected chi connectivity index (χ2v) is 21.6. The number of imidazole rings is 1. The van der Waals surface area contributed by atoms with Crippen LogP contribution in [0.25, 0.3) is 95.0 Å². The normalized spacial score (nSPS) is 12.0. The number of aromatic nitrogens is 3. The molecule has 0 spiro atoms. The third-order valence-corrected chi connectivity index (χ3v) is 13.5. The molecule has 0 fully saturated rings. The van der Waals surface area contributed by atoms with Gasteiger partial charge in [0, 0.05) is 44.2 Å². The number of benzene rings is 8. The van der Waals surface area contributed by atoms with Crippen molar-refractivity contribution in [3.05, 3.63) is 217 Å². The van der Waals surface area contributed by atoms with Crippen LogP contribution in [0.2, 0.25) is 0 Å². The van der Waals surface area contributed by atoms with Crippen LogP contribution < -0.4 is 0 Å². The first kappa shape index (κ1) is 48.9. The van der Waals surface area contributed by atoms with Crippen molar-refractivity contribution in [2.45, 2.75) is 78.6 Å². The Morgan fingerprint density at radius 3 is 1.61 bits per heavy atom. The van der Waals surface area contributed by atoms with E-state index in [-0.39, 0.29) is 43.1 Å². The van der Waals surface area contributed by atoms with Crippen molar-refractivity contribution in [1.29, 1.82) is 0 Å². The molecule has 4 nitrogen and oxygen atoms in total. The largest absolute Gasteiger partial charge is 0.507 e. The summed E-state index contributed by atoms with van der Waals surface area (Å²) in [5.41, 5.74) is 18.6. The van der Waals surface area contributed by atoms with Gasteiger partial charge in [0.2, 0.25) is 0 Å². The molecule has 71 heavy (non-hydrogen) atoms. The number of aromatic hydroxyl groups is 1. The molecule has 1 N–H and O–H groups in total. The molecule has 0 radical (unpaired) electrons. The molecule has 10 aromatic rings. The Morgan fingerprint density at radius 2 is 1.00 bits per heavy atom. The van der Waals surface area contributed by atoms with Crippen LogP contribution in [-0.2, 0) is 37.3 Å². The minimum atomic E-state index is -0.334. The minimum Gasteiger partial charge on any atom is -0.507 e. The molecule has 2 heterocycles. The predicted molar refractivity (Wildman–Crippen MR) is 294 cm³/mol. The number of phenolic OH excluding ortho intramolecular Hbond substituents is 1. The summed E-state index contributed by atoms with van der Waals surface area (Å²) < 4.78 is 2.26. The number of pyridine rings is 1. The Balaban J connectivity index is 0.00000624. The van der Waals surface area contributed by atoms with Crippen molar-refractivity contribution in [2.24, 2.45) is 0 Å². The van der Waals surface area contributed by atoms with Crippen LogP contribution in [0, 0.1) is 6.07 Å². The van der Waals surface area contributed by atoms with Gasteiger partial charge in [0.25, 0.3) is 0 Å². The number of hydrogen-bond acceptors (Lipinski definition) is 3. The maximum atomic E-state index is 12.6. The van der Waals surface area contributed by atoms with Crippen LogP contribution in [0.3, 0.4) is 0 Å². The van der Waals surface area contributed by atoms with Gasteiger partial charge in [0.1, 0.15) is 11.6 Å². The molecule has 0 aliphatic heterocycles. The molecule has 0 atom stereocenters. The summed E-state index contributed by atoms with van der Waals surface area (Å²) in [4.78, 5) is 10.6. The first-order chi connectivity index (χ1) is 33.5. The third kappa shape index (κ3) is 9.84. The maximum absolute atomic E-state index is 12.6. The Morgan fingerprint density at radius 1 is 0.437 bits per heavy atom. The van der Waals surface area contributed by atoms with Gasteiger partial charge in [-0.3, -0.25) is 9.55 Å². The zero-order chi connectivity index (χ0) is 49.0. The summed E-state index contributed by atoms with van der Waals surface area (Å²) in [5, 5.41) is 12.6. The maximum Gasteiger partial charge on any atom is 0.148 e. The predicted octanol–water partition coefficient (Wildman–Crippen LogP) is 17.5. The van der Waals surface area contributed by atoms with Gasteiger partial charge in [-0.05, 0) is 96.6 Å². The van der Waals surface area contributed by atoms with Crippen LogP contribution in [0.1, 0.15) is 79.0 Å². The van der Waals surface area contributed by atoms with Crippen LogP contribution in [0.4, 0.5) is 0 Å². The SMILES string of the molecule is CC(C)(C)c1cc(-c2nc3c(-c4[c-]c(-c5cc(-c6ccc(-c7ccccc7)cc6)ccn5)cc(-c5ccccc5)c4)cccc3n2-c2ccc(-c3ccccc3)c(C(C)(C)C)c2)c(O)c(C(C)(C)C)c1.[Pt]. The molecule has 356 valence electrons. The summed E-state index contributed by atoms with van der Waals surface area (Å²) in [7, 11) is 0. The van der Waals surface area contributed by atoms with Crippen molar-refractivity contribution in [2.75, 3.05) is 0 Å². The van der Waals surface area contributed by atoms with E-state index in [1.165, 1.54) is 27.8 Å². The Bertz CT molecular complexity index is 3520. The average Bonchev–Trinajstić information content (AvgIpc) is 3.76. The monoisotopic (exact) mass is 1110 g/mol. The first-order valence-corrected chi connectivity index (χ1v) is 24.4. The Hall–Kier alpha value is -7.13. The van der Waals surface area contributed by atoms with E-state index in [0.717, 1.165) is 72.5 Å². The third-order valence-electron chi connectivity index (χ3n) is 13.5. The number of fused-ring (bicyclic) bond motifs is 1. The van der Waals surface area contributed by atoms with Crippen molar-refractivity contribution in [3.8, 4) is 89.7 Å². The Labute approximate surface area is 434 Å². The fraction of sp³-hybridized carbons (Fsp3) is 0.182. The quantitative estimate of drug-likeness (QED) is 0.154. The van der Waals surface area contributed by atoms with Gasteiger partial charge >= 0.3 is 0 Å². The number of hydrogen-bond donors (Lipinski definition) is 1. The van der Waals surface area contributed by atoms with Gasteiger partial charge in [-0.1, -0.05) is 225 Å². The topological polar surface area (TPSA) is 50.9 Å². The van der Waals surface area contributed by atoms with E-state index in [1.807, 2.05) is 12.3 Å². The van der Waals surface area contributed by atoms with E-state index < -0.39 is 0 Å². The molecule has 0 saturated carbocycles. The van der Waals surface area contributed by atoms with Crippen LogP contribution in [-0.4, -0.2) is 19.6 Å². The first-order valence-electron chi connectivity index (χ1n) is 24.4. The van der Waals surface area contributed by atoms with Crippen molar-refractivity contribution in [1.82, 2.24) is 14.5 Å². The standard InChI is InChI=1S/C66H60N3O.Pt/c1-64(2,3)52-40-56(62(70)58(41-52)66(7,8)9)63-68-61-55(26-19-27-60(61)69(63)53-32-33-54(47-24-17-12-18-25-47)57(42-53)65(4,5)6)50-36-49(44-22-15-11-16-23-44)37-51(38-50)59-39-48(34-35-67-59)46-30-28-45(29-31-46)43-20-13-10-14-21-43;/h10-37,39-42,70H,1-9H3;/q-1;. The number of rotatable bonds is 8. The smallest absolute Gasteiger partial charge is 0.148 e. The molecule has 0 amide bonds. The second kappa shape index (κ2) is 19.2. The molecule has 0 unspecified atom stereocenters. The van der Waals surface area contributed by atoms with Crippen LogP contribution >= 0.6 is 0 Å². The van der Waals surface area contributed by atoms with Gasteiger partial charge in [0.15, 0.2) is 0 Å². The van der Waals surface area contributed by atoms with Crippen LogP contribution in [0.15, 0.2) is 194 Å².